The van der Waals surface area contributed by atoms with Crippen molar-refractivity contribution in [3.8, 4) is 5.75 Å². The molecule has 0 aliphatic rings. The summed E-state index contributed by atoms with van der Waals surface area (Å²) in [6.45, 7) is 4.54. The first-order valence-corrected chi connectivity index (χ1v) is 8.96. The molecule has 0 radical (unpaired) electrons. The van der Waals surface area contributed by atoms with E-state index in [4.69, 9.17) is 4.74 Å². The van der Waals surface area contributed by atoms with E-state index >= 15 is 0 Å². The lowest BCUT2D eigenvalue weighted by atomic mass is 10.1. The molecule has 26 heavy (non-hydrogen) atoms. The SMILES string of the molecule is CCCOc1ccccc1NC(=O)CCC(=O)N[C@H](C)c1ccccc1. The molecule has 0 bridgehead atoms. The predicted octanol–water partition coefficient (Wildman–Crippen LogP) is 4.07. The average Bonchev–Trinajstić information content (AvgIpc) is 2.66. The van der Waals surface area contributed by atoms with Crippen molar-refractivity contribution in [1.82, 2.24) is 5.32 Å². The molecule has 2 amide bonds. The Morgan fingerprint density at radius 1 is 0.962 bits per heavy atom. The van der Waals surface area contributed by atoms with Crippen LogP contribution in [-0.4, -0.2) is 18.4 Å². The van der Waals surface area contributed by atoms with Gasteiger partial charge in [-0.15, -0.1) is 0 Å². The molecule has 2 aromatic carbocycles. The highest BCUT2D eigenvalue weighted by Gasteiger charge is 2.12. The Bertz CT molecular complexity index is 716. The van der Waals surface area contributed by atoms with Gasteiger partial charge < -0.3 is 15.4 Å². The zero-order chi connectivity index (χ0) is 18.8. The van der Waals surface area contributed by atoms with E-state index in [-0.39, 0.29) is 30.7 Å². The number of para-hydroxylation sites is 2. The van der Waals surface area contributed by atoms with Crippen molar-refractivity contribution >= 4 is 17.5 Å². The molecule has 0 aromatic heterocycles. The Kier molecular flexibility index (Phi) is 7.68. The van der Waals surface area contributed by atoms with Crippen LogP contribution in [0.4, 0.5) is 5.69 Å². The van der Waals surface area contributed by atoms with Crippen molar-refractivity contribution in [2.75, 3.05) is 11.9 Å². The molecule has 2 rings (SSSR count). The first kappa shape index (κ1) is 19.5. The summed E-state index contributed by atoms with van der Waals surface area (Å²) in [6.07, 6.45) is 1.15. The van der Waals surface area contributed by atoms with Crippen molar-refractivity contribution < 1.29 is 14.3 Å². The van der Waals surface area contributed by atoms with Crippen molar-refractivity contribution in [2.24, 2.45) is 0 Å². The predicted molar refractivity (Wildman–Crippen MR) is 103 cm³/mol. The highest BCUT2D eigenvalue weighted by atomic mass is 16.5. The van der Waals surface area contributed by atoms with Crippen molar-refractivity contribution in [2.45, 2.75) is 39.2 Å². The summed E-state index contributed by atoms with van der Waals surface area (Å²) in [5.41, 5.74) is 1.66. The van der Waals surface area contributed by atoms with Crippen LogP contribution < -0.4 is 15.4 Å². The van der Waals surface area contributed by atoms with Gasteiger partial charge in [-0.05, 0) is 31.0 Å². The van der Waals surface area contributed by atoms with Crippen LogP contribution >= 0.6 is 0 Å². The summed E-state index contributed by atoms with van der Waals surface area (Å²) >= 11 is 0. The third-order valence-electron chi connectivity index (χ3n) is 3.88. The topological polar surface area (TPSA) is 67.4 Å². The number of rotatable bonds is 9. The van der Waals surface area contributed by atoms with Crippen LogP contribution in [0.2, 0.25) is 0 Å². The maximum atomic E-state index is 12.2. The molecule has 2 N–H and O–H groups in total. The van der Waals surface area contributed by atoms with Gasteiger partial charge in [0.25, 0.3) is 0 Å². The van der Waals surface area contributed by atoms with E-state index in [9.17, 15) is 9.59 Å². The average molecular weight is 354 g/mol. The van der Waals surface area contributed by atoms with E-state index in [1.807, 2.05) is 62.4 Å². The standard InChI is InChI=1S/C21H26N2O3/c1-3-15-26-19-12-8-7-11-18(19)23-21(25)14-13-20(24)22-16(2)17-9-5-4-6-10-17/h4-12,16H,3,13-15H2,1-2H3,(H,22,24)(H,23,25)/t16-/m1/s1. The molecular weight excluding hydrogens is 328 g/mol. The maximum Gasteiger partial charge on any atom is 0.224 e. The molecule has 0 saturated heterocycles. The minimum absolute atomic E-state index is 0.0880. The lowest BCUT2D eigenvalue weighted by Crippen LogP contribution is -2.27. The molecule has 0 aliphatic heterocycles. The number of anilines is 1. The fourth-order valence-electron chi connectivity index (χ4n) is 2.49. The number of ether oxygens (including phenoxy) is 1. The first-order valence-electron chi connectivity index (χ1n) is 8.96. The van der Waals surface area contributed by atoms with Gasteiger partial charge in [-0.2, -0.15) is 0 Å². The number of hydrogen-bond donors (Lipinski definition) is 2. The second-order valence-corrected chi connectivity index (χ2v) is 6.09. The van der Waals surface area contributed by atoms with Gasteiger partial charge in [0.1, 0.15) is 5.75 Å². The first-order chi connectivity index (χ1) is 12.6. The van der Waals surface area contributed by atoms with E-state index in [2.05, 4.69) is 10.6 Å². The Labute approximate surface area is 154 Å². The van der Waals surface area contributed by atoms with Gasteiger partial charge in [-0.25, -0.2) is 0 Å². The van der Waals surface area contributed by atoms with Crippen molar-refractivity contribution in [3.05, 3.63) is 60.2 Å². The fourth-order valence-corrected chi connectivity index (χ4v) is 2.49. The van der Waals surface area contributed by atoms with Crippen LogP contribution in [0.5, 0.6) is 5.75 Å². The van der Waals surface area contributed by atoms with Crippen molar-refractivity contribution in [3.63, 3.8) is 0 Å². The van der Waals surface area contributed by atoms with Gasteiger partial charge in [0, 0.05) is 12.8 Å². The molecule has 0 spiro atoms. The largest absolute Gasteiger partial charge is 0.491 e. The molecule has 0 aliphatic carbocycles. The summed E-state index contributed by atoms with van der Waals surface area (Å²) in [4.78, 5) is 24.2. The van der Waals surface area contributed by atoms with E-state index in [1.54, 1.807) is 6.07 Å². The van der Waals surface area contributed by atoms with Crippen LogP contribution in [0.15, 0.2) is 54.6 Å². The van der Waals surface area contributed by atoms with Crippen LogP contribution in [-0.2, 0) is 9.59 Å². The minimum atomic E-state index is -0.208. The Hall–Kier alpha value is -2.82. The Morgan fingerprint density at radius 2 is 1.62 bits per heavy atom. The zero-order valence-electron chi connectivity index (χ0n) is 15.3. The number of benzene rings is 2. The Morgan fingerprint density at radius 3 is 2.35 bits per heavy atom. The summed E-state index contributed by atoms with van der Waals surface area (Å²) < 4.78 is 5.62. The highest BCUT2D eigenvalue weighted by Crippen LogP contribution is 2.24. The summed E-state index contributed by atoms with van der Waals surface area (Å²) in [5, 5.41) is 5.73. The molecule has 0 heterocycles. The second kappa shape index (κ2) is 10.2. The van der Waals surface area contributed by atoms with Gasteiger partial charge in [-0.1, -0.05) is 49.4 Å². The minimum Gasteiger partial charge on any atom is -0.491 e. The van der Waals surface area contributed by atoms with E-state index in [0.717, 1.165) is 12.0 Å². The fraction of sp³-hybridized carbons (Fsp3) is 0.333. The number of amides is 2. The summed E-state index contributed by atoms with van der Waals surface area (Å²) in [5.74, 6) is 0.289. The molecule has 0 fully saturated rings. The molecular formula is C21H26N2O3. The Balaban J connectivity index is 1.80. The van der Waals surface area contributed by atoms with Gasteiger partial charge in [0.15, 0.2) is 0 Å². The summed E-state index contributed by atoms with van der Waals surface area (Å²) in [6, 6.07) is 16.9. The van der Waals surface area contributed by atoms with Gasteiger partial charge in [-0.3, -0.25) is 9.59 Å². The monoisotopic (exact) mass is 354 g/mol. The van der Waals surface area contributed by atoms with Crippen LogP contribution in [0, 0.1) is 0 Å². The molecule has 138 valence electrons. The third-order valence-corrected chi connectivity index (χ3v) is 3.88. The van der Waals surface area contributed by atoms with Gasteiger partial charge in [0.2, 0.25) is 11.8 Å². The van der Waals surface area contributed by atoms with E-state index in [1.165, 1.54) is 0 Å². The van der Waals surface area contributed by atoms with Crippen LogP contribution in [0.3, 0.4) is 0 Å². The molecule has 0 saturated carbocycles. The second-order valence-electron chi connectivity index (χ2n) is 6.09. The van der Waals surface area contributed by atoms with Crippen molar-refractivity contribution in [1.29, 1.82) is 0 Å². The normalized spacial score (nSPS) is 11.5. The van der Waals surface area contributed by atoms with Gasteiger partial charge in [0.05, 0.1) is 18.3 Å². The lowest BCUT2D eigenvalue weighted by Gasteiger charge is -2.14. The summed E-state index contributed by atoms with van der Waals surface area (Å²) in [7, 11) is 0. The van der Waals surface area contributed by atoms with Crippen LogP contribution in [0.1, 0.15) is 44.7 Å². The quantitative estimate of drug-likeness (QED) is 0.713. The third kappa shape index (κ3) is 6.24. The molecule has 5 heteroatoms. The van der Waals surface area contributed by atoms with E-state index < -0.39 is 0 Å². The number of carbonyl (C=O) groups is 2. The van der Waals surface area contributed by atoms with Crippen LogP contribution in [0.25, 0.3) is 0 Å². The highest BCUT2D eigenvalue weighted by molar-refractivity contribution is 5.94. The lowest BCUT2D eigenvalue weighted by molar-refractivity contribution is -0.124. The molecule has 1 atom stereocenters. The van der Waals surface area contributed by atoms with E-state index in [0.29, 0.717) is 18.0 Å². The smallest absolute Gasteiger partial charge is 0.224 e. The number of nitrogens with one attached hydrogen (secondary N) is 2. The van der Waals surface area contributed by atoms with Gasteiger partial charge >= 0.3 is 0 Å². The molecule has 2 aromatic rings. The maximum absolute atomic E-state index is 12.2. The molecule has 0 unspecified atom stereocenters. The zero-order valence-corrected chi connectivity index (χ0v) is 15.3. The molecule has 5 nitrogen and oxygen atoms in total. The number of hydrogen-bond acceptors (Lipinski definition) is 3. The number of carbonyl (C=O) groups excluding carboxylic acids is 2.